The van der Waals surface area contributed by atoms with Crippen molar-refractivity contribution in [2.45, 2.75) is 13.5 Å². The third-order valence-corrected chi connectivity index (χ3v) is 3.12. The molecule has 0 unspecified atom stereocenters. The number of aromatic nitrogens is 1. The van der Waals surface area contributed by atoms with Crippen LogP contribution in [0.15, 0.2) is 30.5 Å². The average Bonchev–Trinajstić information content (AvgIpc) is 2.90. The van der Waals surface area contributed by atoms with Crippen molar-refractivity contribution in [3.8, 4) is 11.5 Å². The highest BCUT2D eigenvalue weighted by Crippen LogP contribution is 2.24. The highest BCUT2D eigenvalue weighted by Gasteiger charge is 2.11. The van der Waals surface area contributed by atoms with E-state index < -0.39 is 0 Å². The molecule has 5 nitrogen and oxygen atoms in total. The fourth-order valence-electron chi connectivity index (χ4n) is 1.95. The number of ether oxygens (including phenoxy) is 2. The maximum atomic E-state index is 12.0. The van der Waals surface area contributed by atoms with Gasteiger partial charge < -0.3 is 19.8 Å². The molecule has 0 saturated heterocycles. The second kappa shape index (κ2) is 6.14. The standard InChI is InChI=1S/C15H18N2O3/c1-10-6-7-16-14(10)15(18)17-9-11-4-5-12(19-2)8-13(11)20-3/h4-8,16H,9H2,1-3H3,(H,17,18). The number of rotatable bonds is 5. The van der Waals surface area contributed by atoms with Gasteiger partial charge in [-0.05, 0) is 30.7 Å². The summed E-state index contributed by atoms with van der Waals surface area (Å²) in [6, 6.07) is 7.37. The summed E-state index contributed by atoms with van der Waals surface area (Å²) in [7, 11) is 3.19. The number of nitrogens with one attached hydrogen (secondary N) is 2. The number of benzene rings is 1. The van der Waals surface area contributed by atoms with Gasteiger partial charge >= 0.3 is 0 Å². The number of amides is 1. The van der Waals surface area contributed by atoms with Gasteiger partial charge in [-0.25, -0.2) is 0 Å². The first-order chi connectivity index (χ1) is 9.65. The molecule has 0 radical (unpaired) electrons. The molecule has 2 aromatic rings. The van der Waals surface area contributed by atoms with Gasteiger partial charge in [0.25, 0.3) is 5.91 Å². The van der Waals surface area contributed by atoms with Gasteiger partial charge in [0.05, 0.1) is 14.2 Å². The van der Waals surface area contributed by atoms with Crippen LogP contribution in [0.4, 0.5) is 0 Å². The Hall–Kier alpha value is -2.43. The minimum Gasteiger partial charge on any atom is -0.497 e. The van der Waals surface area contributed by atoms with Gasteiger partial charge in [-0.15, -0.1) is 0 Å². The normalized spacial score (nSPS) is 10.2. The first kappa shape index (κ1) is 14.0. The molecule has 0 aliphatic carbocycles. The van der Waals surface area contributed by atoms with Crippen molar-refractivity contribution in [3.05, 3.63) is 47.3 Å². The Labute approximate surface area is 117 Å². The zero-order chi connectivity index (χ0) is 14.5. The van der Waals surface area contributed by atoms with Crippen molar-refractivity contribution in [2.75, 3.05) is 14.2 Å². The lowest BCUT2D eigenvalue weighted by Crippen LogP contribution is -2.24. The number of hydrogen-bond acceptors (Lipinski definition) is 3. The van der Waals surface area contributed by atoms with Crippen LogP contribution >= 0.6 is 0 Å². The maximum Gasteiger partial charge on any atom is 0.268 e. The predicted molar refractivity (Wildman–Crippen MR) is 76.2 cm³/mol. The molecule has 0 aliphatic heterocycles. The number of methoxy groups -OCH3 is 2. The minimum atomic E-state index is -0.134. The summed E-state index contributed by atoms with van der Waals surface area (Å²) in [6.07, 6.45) is 1.75. The summed E-state index contributed by atoms with van der Waals surface area (Å²) in [5.41, 5.74) is 2.40. The predicted octanol–water partition coefficient (Wildman–Crippen LogP) is 2.27. The number of carbonyl (C=O) groups is 1. The second-order valence-electron chi connectivity index (χ2n) is 4.40. The fourth-order valence-corrected chi connectivity index (χ4v) is 1.95. The third-order valence-electron chi connectivity index (χ3n) is 3.12. The molecule has 1 aromatic carbocycles. The highest BCUT2D eigenvalue weighted by atomic mass is 16.5. The maximum absolute atomic E-state index is 12.0. The fraction of sp³-hybridized carbons (Fsp3) is 0.267. The van der Waals surface area contributed by atoms with E-state index in [0.29, 0.717) is 18.0 Å². The molecule has 2 rings (SSSR count). The first-order valence-corrected chi connectivity index (χ1v) is 6.28. The van der Waals surface area contributed by atoms with Gasteiger partial charge in [-0.1, -0.05) is 0 Å². The van der Waals surface area contributed by atoms with Gasteiger partial charge in [0, 0.05) is 24.4 Å². The number of carbonyl (C=O) groups excluding carboxylic acids is 1. The summed E-state index contributed by atoms with van der Waals surface area (Å²) in [6.45, 7) is 2.28. The molecule has 1 amide bonds. The van der Waals surface area contributed by atoms with E-state index in [4.69, 9.17) is 9.47 Å². The van der Waals surface area contributed by atoms with Crippen molar-refractivity contribution in [1.29, 1.82) is 0 Å². The Morgan fingerprint density at radius 1 is 1.25 bits per heavy atom. The zero-order valence-corrected chi connectivity index (χ0v) is 11.8. The van der Waals surface area contributed by atoms with Gasteiger partial charge in [0.15, 0.2) is 0 Å². The molecule has 1 aromatic heterocycles. The molecule has 1 heterocycles. The molecule has 0 aliphatic rings. The van der Waals surface area contributed by atoms with Gasteiger partial charge in [-0.3, -0.25) is 4.79 Å². The quantitative estimate of drug-likeness (QED) is 0.879. The lowest BCUT2D eigenvalue weighted by molar-refractivity contribution is 0.0945. The Morgan fingerprint density at radius 2 is 2.05 bits per heavy atom. The van der Waals surface area contributed by atoms with Crippen molar-refractivity contribution < 1.29 is 14.3 Å². The van der Waals surface area contributed by atoms with Gasteiger partial charge in [-0.2, -0.15) is 0 Å². The van der Waals surface area contributed by atoms with Crippen LogP contribution in [0.1, 0.15) is 21.6 Å². The van der Waals surface area contributed by atoms with E-state index in [1.165, 1.54) is 0 Å². The molecule has 106 valence electrons. The number of aromatic amines is 1. The van der Waals surface area contributed by atoms with Crippen molar-refractivity contribution in [2.24, 2.45) is 0 Å². The second-order valence-corrected chi connectivity index (χ2v) is 4.40. The number of hydrogen-bond donors (Lipinski definition) is 2. The van der Waals surface area contributed by atoms with E-state index in [0.717, 1.165) is 16.9 Å². The topological polar surface area (TPSA) is 63.3 Å². The Balaban J connectivity index is 2.07. The first-order valence-electron chi connectivity index (χ1n) is 6.28. The zero-order valence-electron chi connectivity index (χ0n) is 11.8. The van der Waals surface area contributed by atoms with Crippen LogP contribution in [0.5, 0.6) is 11.5 Å². The van der Waals surface area contributed by atoms with E-state index >= 15 is 0 Å². The van der Waals surface area contributed by atoms with Crippen LogP contribution in [0.25, 0.3) is 0 Å². The Bertz CT molecular complexity index is 605. The molecule has 2 N–H and O–H groups in total. The summed E-state index contributed by atoms with van der Waals surface area (Å²) in [5, 5.41) is 2.86. The van der Waals surface area contributed by atoms with E-state index in [-0.39, 0.29) is 5.91 Å². The lowest BCUT2D eigenvalue weighted by atomic mass is 10.2. The third kappa shape index (κ3) is 2.93. The van der Waals surface area contributed by atoms with Crippen LogP contribution in [-0.2, 0) is 6.54 Å². The molecule has 0 fully saturated rings. The minimum absolute atomic E-state index is 0.134. The molecule has 0 atom stereocenters. The summed E-state index contributed by atoms with van der Waals surface area (Å²) < 4.78 is 10.4. The monoisotopic (exact) mass is 274 g/mol. The number of H-pyrrole nitrogens is 1. The molecular weight excluding hydrogens is 256 g/mol. The van der Waals surface area contributed by atoms with E-state index in [9.17, 15) is 4.79 Å². The van der Waals surface area contributed by atoms with E-state index in [1.807, 2.05) is 25.1 Å². The summed E-state index contributed by atoms with van der Waals surface area (Å²) in [4.78, 5) is 14.9. The van der Waals surface area contributed by atoms with Gasteiger partial charge in [0.2, 0.25) is 0 Å². The SMILES string of the molecule is COc1ccc(CNC(=O)c2[nH]ccc2C)c(OC)c1. The molecule has 0 saturated carbocycles. The molecular formula is C15H18N2O3. The van der Waals surface area contributed by atoms with Crippen LogP contribution < -0.4 is 14.8 Å². The van der Waals surface area contributed by atoms with Crippen LogP contribution in [0.3, 0.4) is 0 Å². The average molecular weight is 274 g/mol. The number of aryl methyl sites for hydroxylation is 1. The molecule has 0 bridgehead atoms. The summed E-state index contributed by atoms with van der Waals surface area (Å²) >= 11 is 0. The van der Waals surface area contributed by atoms with Crippen LogP contribution in [-0.4, -0.2) is 25.1 Å². The lowest BCUT2D eigenvalue weighted by Gasteiger charge is -2.11. The molecule has 0 spiro atoms. The Kier molecular flexibility index (Phi) is 4.30. The smallest absolute Gasteiger partial charge is 0.268 e. The van der Waals surface area contributed by atoms with Crippen molar-refractivity contribution in [3.63, 3.8) is 0 Å². The Morgan fingerprint density at radius 3 is 2.65 bits per heavy atom. The van der Waals surface area contributed by atoms with Crippen LogP contribution in [0, 0.1) is 6.92 Å². The van der Waals surface area contributed by atoms with Crippen LogP contribution in [0.2, 0.25) is 0 Å². The van der Waals surface area contributed by atoms with E-state index in [1.54, 1.807) is 26.5 Å². The highest BCUT2D eigenvalue weighted by molar-refractivity contribution is 5.93. The molecule has 20 heavy (non-hydrogen) atoms. The summed E-state index contributed by atoms with van der Waals surface area (Å²) in [5.74, 6) is 1.27. The molecule has 5 heteroatoms. The van der Waals surface area contributed by atoms with Crippen molar-refractivity contribution in [1.82, 2.24) is 10.3 Å². The largest absolute Gasteiger partial charge is 0.497 e. The van der Waals surface area contributed by atoms with Crippen molar-refractivity contribution >= 4 is 5.91 Å². The van der Waals surface area contributed by atoms with Gasteiger partial charge in [0.1, 0.15) is 17.2 Å². The van der Waals surface area contributed by atoms with E-state index in [2.05, 4.69) is 10.3 Å².